The third-order valence-corrected chi connectivity index (χ3v) is 4.33. The lowest BCUT2D eigenvalue weighted by Gasteiger charge is -1.99. The molecule has 126 valence electrons. The minimum Gasteiger partial charge on any atom is -0.466 e. The topological polar surface area (TPSA) is 68.3 Å². The van der Waals surface area contributed by atoms with Crippen molar-refractivity contribution in [1.82, 2.24) is 4.98 Å². The summed E-state index contributed by atoms with van der Waals surface area (Å²) in [6.07, 6.45) is 3.07. The first-order valence-electron chi connectivity index (χ1n) is 7.02. The van der Waals surface area contributed by atoms with Gasteiger partial charge in [-0.2, -0.15) is 0 Å². The highest BCUT2D eigenvalue weighted by atomic mass is 35.5. The van der Waals surface area contributed by atoms with Crippen molar-refractivity contribution in [1.29, 1.82) is 0 Å². The normalized spacial score (nSPS) is 10.8. The number of carbonyl (C=O) groups is 2. The van der Waals surface area contributed by atoms with Crippen LogP contribution in [0.5, 0.6) is 0 Å². The number of hydrogen-bond acceptors (Lipinski definition) is 5. The minimum atomic E-state index is -0.347. The zero-order valence-electron chi connectivity index (χ0n) is 12.7. The van der Waals surface area contributed by atoms with Gasteiger partial charge in [-0.3, -0.25) is 14.9 Å². The second-order valence-electron chi connectivity index (χ2n) is 4.62. The van der Waals surface area contributed by atoms with Crippen LogP contribution in [-0.4, -0.2) is 23.5 Å². The summed E-state index contributed by atoms with van der Waals surface area (Å²) in [5.74, 6) is -0.682. The summed E-state index contributed by atoms with van der Waals surface area (Å²) in [5.41, 5.74) is 1.31. The van der Waals surface area contributed by atoms with E-state index in [0.29, 0.717) is 27.5 Å². The Morgan fingerprint density at radius 1 is 1.33 bits per heavy atom. The average Bonchev–Trinajstić information content (AvgIpc) is 2.95. The van der Waals surface area contributed by atoms with Crippen LogP contribution in [0.25, 0.3) is 6.08 Å². The van der Waals surface area contributed by atoms with Gasteiger partial charge in [0.25, 0.3) is 0 Å². The summed E-state index contributed by atoms with van der Waals surface area (Å²) in [5, 5.41) is 5.63. The predicted octanol–water partition coefficient (Wildman–Crippen LogP) is 4.21. The Morgan fingerprint density at radius 2 is 2.12 bits per heavy atom. The molecular formula is C16H14Cl2N2O3S. The van der Waals surface area contributed by atoms with Crippen LogP contribution in [0.3, 0.4) is 0 Å². The van der Waals surface area contributed by atoms with Gasteiger partial charge in [-0.05, 0) is 30.7 Å². The highest BCUT2D eigenvalue weighted by Gasteiger charge is 2.09. The van der Waals surface area contributed by atoms with Gasteiger partial charge >= 0.3 is 5.97 Å². The quantitative estimate of drug-likeness (QED) is 0.598. The number of ether oxygens (including phenoxy) is 1. The Bertz CT molecular complexity index is 774. The summed E-state index contributed by atoms with van der Waals surface area (Å²) >= 11 is 13.0. The van der Waals surface area contributed by atoms with E-state index >= 15 is 0 Å². The maximum absolute atomic E-state index is 11.9. The number of hydrogen-bond donors (Lipinski definition) is 1. The average molecular weight is 385 g/mol. The summed E-state index contributed by atoms with van der Waals surface area (Å²) in [6, 6.07) is 5.07. The van der Waals surface area contributed by atoms with Crippen molar-refractivity contribution in [2.75, 3.05) is 11.9 Å². The highest BCUT2D eigenvalue weighted by Crippen LogP contribution is 2.23. The molecule has 2 aromatic rings. The first-order valence-corrected chi connectivity index (χ1v) is 8.65. The Kier molecular flexibility index (Phi) is 6.78. The van der Waals surface area contributed by atoms with E-state index in [1.54, 1.807) is 36.6 Å². The molecule has 0 fully saturated rings. The molecule has 1 amide bonds. The number of anilines is 1. The minimum absolute atomic E-state index is 0.0827. The smallest absolute Gasteiger partial charge is 0.311 e. The third kappa shape index (κ3) is 5.63. The fourth-order valence-electron chi connectivity index (χ4n) is 1.74. The summed E-state index contributed by atoms with van der Waals surface area (Å²) in [4.78, 5) is 27.4. The number of halogens is 2. The monoisotopic (exact) mass is 384 g/mol. The van der Waals surface area contributed by atoms with Crippen LogP contribution >= 0.6 is 34.5 Å². The summed E-state index contributed by atoms with van der Waals surface area (Å²) in [7, 11) is 0. The van der Waals surface area contributed by atoms with Gasteiger partial charge in [-0.15, -0.1) is 11.3 Å². The lowest BCUT2D eigenvalue weighted by atomic mass is 10.2. The molecule has 0 radical (unpaired) electrons. The van der Waals surface area contributed by atoms with Crippen molar-refractivity contribution in [2.24, 2.45) is 0 Å². The van der Waals surface area contributed by atoms with Crippen LogP contribution in [0.4, 0.5) is 5.13 Å². The molecule has 1 heterocycles. The van der Waals surface area contributed by atoms with Crippen molar-refractivity contribution in [2.45, 2.75) is 13.3 Å². The van der Waals surface area contributed by atoms with Gasteiger partial charge in [0.2, 0.25) is 5.91 Å². The molecule has 0 unspecified atom stereocenters. The predicted molar refractivity (Wildman–Crippen MR) is 96.6 cm³/mol. The first kappa shape index (κ1) is 18.4. The van der Waals surface area contributed by atoms with Crippen LogP contribution in [0.2, 0.25) is 10.0 Å². The molecule has 0 saturated heterocycles. The maximum Gasteiger partial charge on any atom is 0.311 e. The summed E-state index contributed by atoms with van der Waals surface area (Å²) < 4.78 is 4.85. The Balaban J connectivity index is 1.92. The van der Waals surface area contributed by atoms with E-state index in [1.807, 2.05) is 0 Å². The lowest BCUT2D eigenvalue weighted by molar-refractivity contribution is -0.142. The van der Waals surface area contributed by atoms with E-state index in [0.717, 1.165) is 5.56 Å². The van der Waals surface area contributed by atoms with Gasteiger partial charge in [-0.25, -0.2) is 4.98 Å². The second-order valence-corrected chi connectivity index (χ2v) is 6.29. The van der Waals surface area contributed by atoms with Crippen molar-refractivity contribution in [3.05, 3.63) is 51.0 Å². The number of nitrogens with zero attached hydrogens (tertiary/aromatic N) is 1. The van der Waals surface area contributed by atoms with Gasteiger partial charge in [0.15, 0.2) is 5.13 Å². The van der Waals surface area contributed by atoms with E-state index in [9.17, 15) is 9.59 Å². The van der Waals surface area contributed by atoms with Gasteiger partial charge < -0.3 is 4.74 Å². The zero-order chi connectivity index (χ0) is 17.5. The van der Waals surface area contributed by atoms with Gasteiger partial charge in [-0.1, -0.05) is 29.3 Å². The molecule has 1 aromatic heterocycles. The fraction of sp³-hybridized carbons (Fsp3) is 0.188. The van der Waals surface area contributed by atoms with E-state index in [-0.39, 0.29) is 18.3 Å². The van der Waals surface area contributed by atoms with Gasteiger partial charge in [0.1, 0.15) is 0 Å². The Morgan fingerprint density at radius 3 is 2.83 bits per heavy atom. The van der Waals surface area contributed by atoms with E-state index < -0.39 is 0 Å². The molecule has 1 N–H and O–H groups in total. The van der Waals surface area contributed by atoms with E-state index in [1.165, 1.54) is 17.4 Å². The number of amides is 1. The number of benzene rings is 1. The molecule has 0 aliphatic heterocycles. The molecule has 0 spiro atoms. The first-order chi connectivity index (χ1) is 11.5. The molecule has 0 saturated carbocycles. The molecule has 8 heteroatoms. The number of nitrogens with one attached hydrogen (secondary N) is 1. The number of carbonyl (C=O) groups excluding carboxylic acids is 2. The largest absolute Gasteiger partial charge is 0.466 e. The van der Waals surface area contributed by atoms with Gasteiger partial charge in [0.05, 0.1) is 28.8 Å². The Labute approximate surface area is 153 Å². The molecule has 0 atom stereocenters. The van der Waals surface area contributed by atoms with Gasteiger partial charge in [0, 0.05) is 11.5 Å². The molecule has 24 heavy (non-hydrogen) atoms. The van der Waals surface area contributed by atoms with Crippen LogP contribution in [0.15, 0.2) is 29.7 Å². The Hall–Kier alpha value is -1.89. The lowest BCUT2D eigenvalue weighted by Crippen LogP contribution is -2.09. The molecule has 0 aliphatic rings. The maximum atomic E-state index is 11.9. The number of rotatable bonds is 6. The van der Waals surface area contributed by atoms with Crippen LogP contribution in [0.1, 0.15) is 18.2 Å². The highest BCUT2D eigenvalue weighted by molar-refractivity contribution is 7.14. The molecule has 1 aromatic carbocycles. The molecule has 2 rings (SSSR count). The van der Waals surface area contributed by atoms with Crippen molar-refractivity contribution in [3.63, 3.8) is 0 Å². The SMILES string of the molecule is CCOC(=O)Cc1csc(NC(=O)C=Cc2ccc(Cl)c(Cl)c2)n1. The van der Waals surface area contributed by atoms with E-state index in [4.69, 9.17) is 27.9 Å². The van der Waals surface area contributed by atoms with Crippen molar-refractivity contribution in [3.8, 4) is 0 Å². The van der Waals surface area contributed by atoms with Crippen molar-refractivity contribution >= 4 is 57.6 Å². The fourth-order valence-corrected chi connectivity index (χ4v) is 2.76. The van der Waals surface area contributed by atoms with Crippen molar-refractivity contribution < 1.29 is 14.3 Å². The molecule has 5 nitrogen and oxygen atoms in total. The number of thiazole rings is 1. The molecular weight excluding hydrogens is 371 g/mol. The number of aromatic nitrogens is 1. The zero-order valence-corrected chi connectivity index (χ0v) is 15.0. The second kappa shape index (κ2) is 8.82. The number of esters is 1. The van der Waals surface area contributed by atoms with Crippen LogP contribution < -0.4 is 5.32 Å². The van der Waals surface area contributed by atoms with Crippen LogP contribution in [0, 0.1) is 0 Å². The molecule has 0 aliphatic carbocycles. The van der Waals surface area contributed by atoms with Crippen LogP contribution in [-0.2, 0) is 20.7 Å². The summed E-state index contributed by atoms with van der Waals surface area (Å²) in [6.45, 7) is 2.07. The standard InChI is InChI=1S/C16H14Cl2N2O3S/c1-2-23-15(22)8-11-9-24-16(19-11)20-14(21)6-4-10-3-5-12(17)13(18)7-10/h3-7,9H,2,8H2,1H3,(H,19,20,21). The molecule has 0 bridgehead atoms. The third-order valence-electron chi connectivity index (χ3n) is 2.78. The van der Waals surface area contributed by atoms with E-state index in [2.05, 4.69) is 10.3 Å².